The predicted molar refractivity (Wildman–Crippen MR) is 85.8 cm³/mol. The summed E-state index contributed by atoms with van der Waals surface area (Å²) in [5.74, 6) is -0.423. The summed E-state index contributed by atoms with van der Waals surface area (Å²) in [5, 5.41) is 2.79. The lowest BCUT2D eigenvalue weighted by Crippen LogP contribution is -2.13. The number of ether oxygens (including phenoxy) is 2. The highest BCUT2D eigenvalue weighted by molar-refractivity contribution is 7.98. The minimum absolute atomic E-state index is 0.0658. The number of hydrogen-bond donors (Lipinski definition) is 1. The number of halogens is 2. The number of thioether (sulfide) groups is 1. The molecule has 0 spiro atoms. The maximum atomic E-state index is 12.3. The molecule has 2 aromatic carbocycles. The van der Waals surface area contributed by atoms with Gasteiger partial charge in [0.2, 0.25) is 0 Å². The third-order valence-electron chi connectivity index (χ3n) is 3.00. The minimum atomic E-state index is -2.96. The van der Waals surface area contributed by atoms with Crippen LogP contribution in [0.4, 0.5) is 14.5 Å². The lowest BCUT2D eigenvalue weighted by molar-refractivity contribution is -0.0512. The number of nitrogens with one attached hydrogen (secondary N) is 1. The Kier molecular flexibility index (Phi) is 5.81. The van der Waals surface area contributed by atoms with Crippen LogP contribution in [0.3, 0.4) is 0 Å². The summed E-state index contributed by atoms with van der Waals surface area (Å²) >= 11 is 1.51. The molecule has 2 aromatic rings. The SMILES string of the molecule is COc1cc(C(=O)Nc2ccccc2SC)ccc1OC(F)F. The van der Waals surface area contributed by atoms with Crippen LogP contribution in [0, 0.1) is 0 Å². The third-order valence-corrected chi connectivity index (χ3v) is 3.79. The lowest BCUT2D eigenvalue weighted by Gasteiger charge is -2.12. The number of carbonyl (C=O) groups excluding carboxylic acids is 1. The highest BCUT2D eigenvalue weighted by atomic mass is 32.2. The number of rotatable bonds is 6. The van der Waals surface area contributed by atoms with Crippen molar-refractivity contribution in [2.45, 2.75) is 11.5 Å². The van der Waals surface area contributed by atoms with Crippen LogP contribution >= 0.6 is 11.8 Å². The normalized spacial score (nSPS) is 10.5. The van der Waals surface area contributed by atoms with Crippen molar-refractivity contribution in [3.05, 3.63) is 48.0 Å². The van der Waals surface area contributed by atoms with Crippen LogP contribution in [0.2, 0.25) is 0 Å². The average Bonchev–Trinajstić information content (AvgIpc) is 2.55. The van der Waals surface area contributed by atoms with Gasteiger partial charge in [0.05, 0.1) is 12.8 Å². The van der Waals surface area contributed by atoms with Crippen LogP contribution in [-0.4, -0.2) is 25.9 Å². The molecule has 0 radical (unpaired) electrons. The number of benzene rings is 2. The Balaban J connectivity index is 2.22. The second kappa shape index (κ2) is 7.82. The summed E-state index contributed by atoms with van der Waals surface area (Å²) in [6, 6.07) is 11.4. The highest BCUT2D eigenvalue weighted by Gasteiger charge is 2.15. The van der Waals surface area contributed by atoms with Crippen LogP contribution in [0.5, 0.6) is 11.5 Å². The molecule has 2 rings (SSSR count). The monoisotopic (exact) mass is 339 g/mol. The standard InChI is InChI=1S/C16H15F2NO3S/c1-21-13-9-10(7-8-12(13)22-16(17)18)15(20)19-11-5-3-4-6-14(11)23-2/h3-9,16H,1-2H3,(H,19,20). The van der Waals surface area contributed by atoms with E-state index in [0.717, 1.165) is 4.90 Å². The van der Waals surface area contributed by atoms with E-state index in [-0.39, 0.29) is 23.0 Å². The molecule has 0 bridgehead atoms. The fraction of sp³-hybridized carbons (Fsp3) is 0.188. The molecule has 4 nitrogen and oxygen atoms in total. The predicted octanol–water partition coefficient (Wildman–Crippen LogP) is 4.27. The van der Waals surface area contributed by atoms with Crippen molar-refractivity contribution in [1.29, 1.82) is 0 Å². The van der Waals surface area contributed by atoms with Crippen molar-refractivity contribution < 1.29 is 23.0 Å². The molecule has 7 heteroatoms. The zero-order chi connectivity index (χ0) is 16.8. The fourth-order valence-corrected chi connectivity index (χ4v) is 2.50. The molecule has 1 N–H and O–H groups in total. The maximum absolute atomic E-state index is 12.3. The van der Waals surface area contributed by atoms with Gasteiger partial charge in [-0.15, -0.1) is 11.8 Å². The second-order valence-electron chi connectivity index (χ2n) is 4.40. The van der Waals surface area contributed by atoms with Crippen LogP contribution in [0.1, 0.15) is 10.4 Å². The van der Waals surface area contributed by atoms with E-state index in [0.29, 0.717) is 5.69 Å². The number of alkyl halides is 2. The number of methoxy groups -OCH3 is 1. The molecule has 0 atom stereocenters. The molecule has 0 aliphatic carbocycles. The summed E-state index contributed by atoms with van der Waals surface area (Å²) in [6.07, 6.45) is 1.91. The van der Waals surface area contributed by atoms with E-state index >= 15 is 0 Å². The maximum Gasteiger partial charge on any atom is 0.387 e. The second-order valence-corrected chi connectivity index (χ2v) is 5.25. The summed E-state index contributed by atoms with van der Waals surface area (Å²) in [6.45, 7) is -2.96. The first-order chi connectivity index (χ1) is 11.0. The minimum Gasteiger partial charge on any atom is -0.493 e. The Hall–Kier alpha value is -2.28. The van der Waals surface area contributed by atoms with Gasteiger partial charge in [-0.1, -0.05) is 12.1 Å². The molecular formula is C16H15F2NO3S. The Morgan fingerprint density at radius 2 is 1.91 bits per heavy atom. The number of anilines is 1. The van der Waals surface area contributed by atoms with Crippen LogP contribution in [0.25, 0.3) is 0 Å². The van der Waals surface area contributed by atoms with Gasteiger partial charge in [-0.05, 0) is 36.6 Å². The molecule has 0 saturated heterocycles. The van der Waals surface area contributed by atoms with E-state index in [9.17, 15) is 13.6 Å². The third kappa shape index (κ3) is 4.35. The zero-order valence-corrected chi connectivity index (χ0v) is 13.3. The van der Waals surface area contributed by atoms with Crippen LogP contribution in [0.15, 0.2) is 47.4 Å². The van der Waals surface area contributed by atoms with Gasteiger partial charge >= 0.3 is 6.61 Å². The van der Waals surface area contributed by atoms with E-state index in [1.54, 1.807) is 6.07 Å². The van der Waals surface area contributed by atoms with Crippen molar-refractivity contribution >= 4 is 23.4 Å². The highest BCUT2D eigenvalue weighted by Crippen LogP contribution is 2.30. The molecule has 122 valence electrons. The van der Waals surface area contributed by atoms with E-state index in [1.165, 1.54) is 37.1 Å². The van der Waals surface area contributed by atoms with E-state index in [2.05, 4.69) is 10.1 Å². The van der Waals surface area contributed by atoms with Gasteiger partial charge in [0, 0.05) is 10.5 Å². The average molecular weight is 339 g/mol. The molecule has 0 unspecified atom stereocenters. The summed E-state index contributed by atoms with van der Waals surface area (Å²) < 4.78 is 33.9. The Morgan fingerprint density at radius 3 is 2.57 bits per heavy atom. The molecule has 0 heterocycles. The van der Waals surface area contributed by atoms with Crippen molar-refractivity contribution in [1.82, 2.24) is 0 Å². The summed E-state index contributed by atoms with van der Waals surface area (Å²) in [7, 11) is 1.32. The first-order valence-electron chi connectivity index (χ1n) is 6.62. The fourth-order valence-electron chi connectivity index (χ4n) is 1.94. The first kappa shape index (κ1) is 17.1. The Bertz CT molecular complexity index is 695. The molecule has 1 amide bonds. The van der Waals surface area contributed by atoms with Gasteiger partial charge < -0.3 is 14.8 Å². The number of para-hydroxylation sites is 1. The quantitative estimate of drug-likeness (QED) is 0.799. The smallest absolute Gasteiger partial charge is 0.387 e. The van der Waals surface area contributed by atoms with E-state index in [4.69, 9.17) is 4.74 Å². The summed E-state index contributed by atoms with van der Waals surface area (Å²) in [4.78, 5) is 13.2. The van der Waals surface area contributed by atoms with Gasteiger partial charge in [0.1, 0.15) is 0 Å². The first-order valence-corrected chi connectivity index (χ1v) is 7.85. The van der Waals surface area contributed by atoms with Crippen LogP contribution in [-0.2, 0) is 0 Å². The largest absolute Gasteiger partial charge is 0.493 e. The molecule has 0 aliphatic heterocycles. The van der Waals surface area contributed by atoms with E-state index in [1.807, 2.05) is 24.5 Å². The van der Waals surface area contributed by atoms with E-state index < -0.39 is 6.61 Å². The lowest BCUT2D eigenvalue weighted by atomic mass is 10.2. The van der Waals surface area contributed by atoms with Gasteiger partial charge in [0.25, 0.3) is 5.91 Å². The number of carbonyl (C=O) groups is 1. The topological polar surface area (TPSA) is 47.6 Å². The molecule has 0 saturated carbocycles. The summed E-state index contributed by atoms with van der Waals surface area (Å²) in [5.41, 5.74) is 0.955. The van der Waals surface area contributed by atoms with Gasteiger partial charge in [-0.3, -0.25) is 4.79 Å². The molecule has 23 heavy (non-hydrogen) atoms. The van der Waals surface area contributed by atoms with Crippen molar-refractivity contribution in [3.63, 3.8) is 0 Å². The number of amides is 1. The van der Waals surface area contributed by atoms with Crippen molar-refractivity contribution in [2.75, 3.05) is 18.7 Å². The zero-order valence-electron chi connectivity index (χ0n) is 12.5. The Morgan fingerprint density at radius 1 is 1.17 bits per heavy atom. The van der Waals surface area contributed by atoms with Gasteiger partial charge in [0.15, 0.2) is 11.5 Å². The van der Waals surface area contributed by atoms with Crippen molar-refractivity contribution in [2.24, 2.45) is 0 Å². The van der Waals surface area contributed by atoms with Crippen LogP contribution < -0.4 is 14.8 Å². The number of hydrogen-bond acceptors (Lipinski definition) is 4. The van der Waals surface area contributed by atoms with Gasteiger partial charge in [-0.2, -0.15) is 8.78 Å². The van der Waals surface area contributed by atoms with Crippen molar-refractivity contribution in [3.8, 4) is 11.5 Å². The Labute approximate surface area is 136 Å². The van der Waals surface area contributed by atoms with Gasteiger partial charge in [-0.25, -0.2) is 0 Å². The molecular weight excluding hydrogens is 324 g/mol. The molecule has 0 fully saturated rings. The molecule has 0 aliphatic rings. The molecule has 0 aromatic heterocycles.